The van der Waals surface area contributed by atoms with E-state index >= 15 is 0 Å². The molecular weight excluding hydrogens is 426 g/mol. The minimum atomic E-state index is -0.189. The van der Waals surface area contributed by atoms with Gasteiger partial charge >= 0.3 is 0 Å². The summed E-state index contributed by atoms with van der Waals surface area (Å²) in [7, 11) is 0. The number of piperazine rings is 1. The second-order valence-electron chi connectivity index (χ2n) is 7.71. The molecule has 0 aliphatic carbocycles. The van der Waals surface area contributed by atoms with Gasteiger partial charge in [0, 0.05) is 37.6 Å². The molecule has 4 rings (SSSR count). The summed E-state index contributed by atoms with van der Waals surface area (Å²) in [4.78, 5) is 17.2. The van der Waals surface area contributed by atoms with Crippen LogP contribution < -0.4 is 10.2 Å². The van der Waals surface area contributed by atoms with Gasteiger partial charge in [-0.15, -0.1) is 10.2 Å². The topological polar surface area (TPSA) is 61.4 Å². The Balaban J connectivity index is 1.30. The lowest BCUT2D eigenvalue weighted by molar-refractivity contribution is -0.130. The molecule has 1 unspecified atom stereocenters. The Bertz CT molecular complexity index is 1030. The zero-order valence-electron chi connectivity index (χ0n) is 18.0. The number of rotatable bonds is 6. The summed E-state index contributed by atoms with van der Waals surface area (Å²) in [5.74, 6) is 0.164. The van der Waals surface area contributed by atoms with Crippen molar-refractivity contribution < 1.29 is 4.79 Å². The van der Waals surface area contributed by atoms with E-state index in [1.165, 1.54) is 39.9 Å². The molecule has 6 nitrogen and oxygen atoms in total. The van der Waals surface area contributed by atoms with Crippen LogP contribution >= 0.6 is 23.1 Å². The van der Waals surface area contributed by atoms with E-state index < -0.39 is 0 Å². The van der Waals surface area contributed by atoms with E-state index in [2.05, 4.69) is 70.7 Å². The molecule has 2 heterocycles. The molecule has 0 radical (unpaired) electrons. The highest BCUT2D eigenvalue weighted by Crippen LogP contribution is 2.31. The summed E-state index contributed by atoms with van der Waals surface area (Å²) < 4.78 is 0.801. The Labute approximate surface area is 191 Å². The van der Waals surface area contributed by atoms with E-state index in [0.29, 0.717) is 0 Å². The number of para-hydroxylation sites is 1. The molecule has 1 fully saturated rings. The quantitative estimate of drug-likeness (QED) is 0.545. The molecule has 31 heavy (non-hydrogen) atoms. The summed E-state index contributed by atoms with van der Waals surface area (Å²) in [5, 5.41) is 12.4. The number of carbonyl (C=O) groups is 1. The second kappa shape index (κ2) is 9.70. The monoisotopic (exact) mass is 453 g/mol. The van der Waals surface area contributed by atoms with E-state index in [9.17, 15) is 4.79 Å². The van der Waals surface area contributed by atoms with Gasteiger partial charge in [0.15, 0.2) is 4.34 Å². The number of amides is 1. The summed E-state index contributed by atoms with van der Waals surface area (Å²) >= 11 is 2.96. The summed E-state index contributed by atoms with van der Waals surface area (Å²) in [6.07, 6.45) is 0. The van der Waals surface area contributed by atoms with E-state index in [1.807, 2.05) is 24.0 Å². The fraction of sp³-hybridized carbons (Fsp3) is 0.348. The molecule has 1 saturated heterocycles. The van der Waals surface area contributed by atoms with Crippen LogP contribution in [0.5, 0.6) is 0 Å². The van der Waals surface area contributed by atoms with Crippen LogP contribution in [-0.2, 0) is 4.79 Å². The number of thioether (sulfide) groups is 1. The predicted octanol–water partition coefficient (Wildman–Crippen LogP) is 4.73. The first-order chi connectivity index (χ1) is 15.0. The lowest BCUT2D eigenvalue weighted by Crippen LogP contribution is -2.50. The Morgan fingerprint density at radius 3 is 2.48 bits per heavy atom. The minimum absolute atomic E-state index is 0.164. The van der Waals surface area contributed by atoms with Crippen LogP contribution in [0.2, 0.25) is 0 Å². The molecule has 162 valence electrons. The largest absolute Gasteiger partial charge is 0.368 e. The van der Waals surface area contributed by atoms with E-state index in [-0.39, 0.29) is 11.2 Å². The molecule has 8 heteroatoms. The maximum atomic E-state index is 12.9. The number of hydrogen-bond donors (Lipinski definition) is 1. The van der Waals surface area contributed by atoms with Crippen molar-refractivity contribution in [3.63, 3.8) is 0 Å². The molecule has 0 spiro atoms. The van der Waals surface area contributed by atoms with Crippen LogP contribution in [0, 0.1) is 13.8 Å². The molecule has 1 amide bonds. The van der Waals surface area contributed by atoms with Crippen molar-refractivity contribution >= 4 is 45.5 Å². The molecule has 3 aromatic rings. The number of aromatic nitrogens is 2. The van der Waals surface area contributed by atoms with Crippen molar-refractivity contribution in [2.24, 2.45) is 0 Å². The molecular formula is C23H27N5OS2. The van der Waals surface area contributed by atoms with E-state index in [1.54, 1.807) is 0 Å². The van der Waals surface area contributed by atoms with Crippen LogP contribution in [-0.4, -0.2) is 52.4 Å². The van der Waals surface area contributed by atoms with Crippen molar-refractivity contribution in [2.75, 3.05) is 36.4 Å². The Hall–Kier alpha value is -2.58. The first-order valence-corrected chi connectivity index (χ1v) is 12.1. The summed E-state index contributed by atoms with van der Waals surface area (Å²) in [6, 6.07) is 16.6. The van der Waals surface area contributed by atoms with Crippen molar-refractivity contribution in [2.45, 2.75) is 30.4 Å². The number of nitrogens with one attached hydrogen (secondary N) is 1. The first kappa shape index (κ1) is 21.6. The minimum Gasteiger partial charge on any atom is -0.368 e. The number of aryl methyl sites for hydroxylation is 2. The third-order valence-electron chi connectivity index (χ3n) is 5.50. The summed E-state index contributed by atoms with van der Waals surface area (Å²) in [6.45, 7) is 9.34. The maximum absolute atomic E-state index is 12.9. The van der Waals surface area contributed by atoms with Gasteiger partial charge in [-0.2, -0.15) is 0 Å². The fourth-order valence-electron chi connectivity index (χ4n) is 3.53. The Morgan fingerprint density at radius 1 is 1.03 bits per heavy atom. The van der Waals surface area contributed by atoms with Crippen LogP contribution in [0.1, 0.15) is 18.1 Å². The highest BCUT2D eigenvalue weighted by atomic mass is 32.2. The molecule has 0 bridgehead atoms. The zero-order valence-corrected chi connectivity index (χ0v) is 19.7. The number of benzene rings is 2. The third kappa shape index (κ3) is 5.37. The van der Waals surface area contributed by atoms with Gasteiger partial charge in [-0.25, -0.2) is 0 Å². The smallest absolute Gasteiger partial charge is 0.235 e. The van der Waals surface area contributed by atoms with Crippen molar-refractivity contribution in [3.8, 4) is 0 Å². The van der Waals surface area contributed by atoms with Gasteiger partial charge in [-0.05, 0) is 56.2 Å². The second-order valence-corrected chi connectivity index (χ2v) is 10.3. The third-order valence-corrected chi connectivity index (χ3v) is 7.51. The molecule has 1 aromatic heterocycles. The number of hydrogen-bond acceptors (Lipinski definition) is 7. The normalized spacial score (nSPS) is 15.1. The first-order valence-electron chi connectivity index (χ1n) is 10.4. The van der Waals surface area contributed by atoms with Gasteiger partial charge in [0.05, 0.1) is 5.25 Å². The van der Waals surface area contributed by atoms with Crippen molar-refractivity contribution in [1.29, 1.82) is 0 Å². The molecule has 0 saturated carbocycles. The number of anilines is 3. The lowest BCUT2D eigenvalue weighted by Gasteiger charge is -2.37. The Morgan fingerprint density at radius 2 is 1.77 bits per heavy atom. The highest BCUT2D eigenvalue weighted by molar-refractivity contribution is 8.02. The van der Waals surface area contributed by atoms with Gasteiger partial charge in [-0.1, -0.05) is 47.4 Å². The fourth-order valence-corrected chi connectivity index (χ4v) is 5.53. The lowest BCUT2D eigenvalue weighted by atomic mass is 10.1. The molecule has 1 aliphatic rings. The summed E-state index contributed by atoms with van der Waals surface area (Å²) in [5.41, 5.74) is 4.71. The average molecular weight is 454 g/mol. The number of nitrogens with zero attached hydrogens (tertiary/aromatic N) is 4. The van der Waals surface area contributed by atoms with E-state index in [0.717, 1.165) is 41.3 Å². The Kier molecular flexibility index (Phi) is 6.77. The molecule has 1 N–H and O–H groups in total. The van der Waals surface area contributed by atoms with Crippen molar-refractivity contribution in [3.05, 3.63) is 59.7 Å². The van der Waals surface area contributed by atoms with Crippen LogP contribution in [0.25, 0.3) is 0 Å². The van der Waals surface area contributed by atoms with Gasteiger partial charge in [-0.3, -0.25) is 4.79 Å². The van der Waals surface area contributed by atoms with Crippen LogP contribution in [0.4, 0.5) is 16.5 Å². The highest BCUT2D eigenvalue weighted by Gasteiger charge is 2.26. The van der Waals surface area contributed by atoms with E-state index in [4.69, 9.17) is 0 Å². The van der Waals surface area contributed by atoms with Crippen molar-refractivity contribution in [1.82, 2.24) is 15.1 Å². The molecule has 2 aromatic carbocycles. The van der Waals surface area contributed by atoms with Gasteiger partial charge in [0.1, 0.15) is 0 Å². The predicted molar refractivity (Wildman–Crippen MR) is 130 cm³/mol. The van der Waals surface area contributed by atoms with Gasteiger partial charge in [0.25, 0.3) is 0 Å². The van der Waals surface area contributed by atoms with Gasteiger partial charge in [0.2, 0.25) is 11.0 Å². The standard InChI is InChI=1S/C23H27N5OS2/c1-16-9-10-19(15-17(16)2)24-22-25-26-23(31-22)30-18(3)21(29)28-13-11-27(12-14-28)20-7-5-4-6-8-20/h4-10,15,18H,11-14H2,1-3H3,(H,24,25). The van der Waals surface area contributed by atoms with Crippen LogP contribution in [0.3, 0.4) is 0 Å². The van der Waals surface area contributed by atoms with Crippen LogP contribution in [0.15, 0.2) is 52.9 Å². The SMILES string of the molecule is Cc1ccc(Nc2nnc(SC(C)C(=O)N3CCN(c4ccccc4)CC3)s2)cc1C. The zero-order chi connectivity index (χ0) is 21.8. The molecule has 1 atom stereocenters. The average Bonchev–Trinajstić information content (AvgIpc) is 3.23. The maximum Gasteiger partial charge on any atom is 0.235 e. The molecule has 1 aliphatic heterocycles. The van der Waals surface area contributed by atoms with Gasteiger partial charge < -0.3 is 15.1 Å². The number of carbonyl (C=O) groups excluding carboxylic acids is 1.